The van der Waals surface area contributed by atoms with E-state index < -0.39 is 6.36 Å². The summed E-state index contributed by atoms with van der Waals surface area (Å²) in [5.74, 6) is 0.247. The number of carbonyl (C=O) groups is 1. The lowest BCUT2D eigenvalue weighted by atomic mass is 10.0. The van der Waals surface area contributed by atoms with Gasteiger partial charge in [-0.15, -0.1) is 18.3 Å². The van der Waals surface area contributed by atoms with Crippen LogP contribution in [0.5, 0.6) is 17.5 Å². The van der Waals surface area contributed by atoms with E-state index in [0.29, 0.717) is 40.0 Å². The van der Waals surface area contributed by atoms with Crippen molar-refractivity contribution < 1.29 is 32.2 Å². The highest BCUT2D eigenvalue weighted by molar-refractivity contribution is 6.01. The average molecular weight is 475 g/mol. The second-order valence-corrected chi connectivity index (χ2v) is 7.20. The number of halogens is 3. The summed E-state index contributed by atoms with van der Waals surface area (Å²) >= 11 is 0. The molecule has 0 bridgehead atoms. The summed E-state index contributed by atoms with van der Waals surface area (Å²) in [6.45, 7) is 0.0308. The highest BCUT2D eigenvalue weighted by Gasteiger charge is 2.31. The maximum absolute atomic E-state index is 13.3. The third-order valence-electron chi connectivity index (χ3n) is 4.98. The minimum absolute atomic E-state index is 0.0308. The Labute approximate surface area is 192 Å². The maximum Gasteiger partial charge on any atom is 0.573 e. The number of hydrazine groups is 2. The Morgan fingerprint density at radius 3 is 2.15 bits per heavy atom. The minimum atomic E-state index is -4.77. The number of alkyl halides is 3. The molecule has 12 heteroatoms. The number of fused-ring (bicyclic) bond motifs is 1. The average Bonchev–Trinajstić information content (AvgIpc) is 2.81. The molecule has 0 radical (unpaired) electrons. The number of ether oxygens (including phenoxy) is 3. The molecule has 0 fully saturated rings. The monoisotopic (exact) mass is 475 g/mol. The molecule has 1 aromatic heterocycles. The van der Waals surface area contributed by atoms with Crippen LogP contribution in [0.3, 0.4) is 0 Å². The number of aromatic nitrogens is 2. The number of hydrogen-bond donors (Lipinski definition) is 1. The van der Waals surface area contributed by atoms with E-state index in [1.165, 1.54) is 54.7 Å². The zero-order chi connectivity index (χ0) is 24.5. The van der Waals surface area contributed by atoms with Crippen LogP contribution in [-0.2, 0) is 6.54 Å². The molecule has 0 aliphatic carbocycles. The summed E-state index contributed by atoms with van der Waals surface area (Å²) in [6, 6.07) is 12.1. The van der Waals surface area contributed by atoms with Gasteiger partial charge in [-0.05, 0) is 35.4 Å². The molecule has 9 nitrogen and oxygen atoms in total. The fraction of sp³-hybridized carbons (Fsp3) is 0.227. The first-order valence-corrected chi connectivity index (χ1v) is 9.95. The largest absolute Gasteiger partial charge is 0.573 e. The topological polar surface area (TPSA) is 89.0 Å². The summed E-state index contributed by atoms with van der Waals surface area (Å²) in [7, 11) is 4.60. The summed E-state index contributed by atoms with van der Waals surface area (Å²) in [5, 5.41) is 2.92. The lowest BCUT2D eigenvalue weighted by Gasteiger charge is -2.37. The highest BCUT2D eigenvalue weighted by atomic mass is 19.4. The van der Waals surface area contributed by atoms with Gasteiger partial charge in [0.2, 0.25) is 11.8 Å². The van der Waals surface area contributed by atoms with Gasteiger partial charge in [-0.2, -0.15) is 9.97 Å². The molecule has 0 unspecified atom stereocenters. The van der Waals surface area contributed by atoms with Gasteiger partial charge in [0.05, 0.1) is 38.1 Å². The van der Waals surface area contributed by atoms with Gasteiger partial charge < -0.3 is 19.6 Å². The lowest BCUT2D eigenvalue weighted by molar-refractivity contribution is -0.274. The molecule has 1 aliphatic rings. The number of nitrogens with one attached hydrogen (secondary N) is 1. The third kappa shape index (κ3) is 4.96. The minimum Gasteiger partial charge on any atom is -0.481 e. The van der Waals surface area contributed by atoms with Gasteiger partial charge in [-0.25, -0.2) is 5.01 Å². The molecule has 3 aromatic rings. The van der Waals surface area contributed by atoms with Crippen molar-refractivity contribution in [1.29, 1.82) is 0 Å². The fourth-order valence-electron chi connectivity index (χ4n) is 3.40. The van der Waals surface area contributed by atoms with E-state index in [4.69, 9.17) is 9.47 Å². The van der Waals surface area contributed by atoms with Gasteiger partial charge in [0.1, 0.15) is 5.75 Å². The summed E-state index contributed by atoms with van der Waals surface area (Å²) < 4.78 is 51.5. The normalized spacial score (nSPS) is 13.8. The summed E-state index contributed by atoms with van der Waals surface area (Å²) in [4.78, 5) is 21.8. The van der Waals surface area contributed by atoms with Gasteiger partial charge in [-0.1, -0.05) is 18.2 Å². The first-order valence-electron chi connectivity index (χ1n) is 9.95. The number of carbonyl (C=O) groups excluding carboxylic acids is 1. The number of nitrogens with zero attached hydrogens (tertiary/aromatic N) is 4. The standard InChI is InChI=1S/C22H20F3N5O4/c1-29-28-17-9-6-14(13-4-7-15(8-5-13)34-22(23,24)25)10-16(17)21(31)30(29)12-18-26-19(32-2)11-20(27-18)33-3/h4-11,28H,12H2,1-3H3. The van der Waals surface area contributed by atoms with Gasteiger partial charge in [0.25, 0.3) is 5.91 Å². The Morgan fingerprint density at radius 1 is 0.941 bits per heavy atom. The molecule has 1 amide bonds. The third-order valence-corrected chi connectivity index (χ3v) is 4.98. The zero-order valence-electron chi connectivity index (χ0n) is 18.4. The second kappa shape index (κ2) is 9.06. The first kappa shape index (κ1) is 23.1. The molecule has 1 N–H and O–H groups in total. The summed E-state index contributed by atoms with van der Waals surface area (Å²) in [6.07, 6.45) is -4.77. The van der Waals surface area contributed by atoms with Crippen molar-refractivity contribution in [2.75, 3.05) is 26.7 Å². The first-order chi connectivity index (χ1) is 16.2. The van der Waals surface area contributed by atoms with Crippen molar-refractivity contribution in [3.8, 4) is 28.6 Å². The van der Waals surface area contributed by atoms with Crippen molar-refractivity contribution in [3.05, 3.63) is 59.9 Å². The molecule has 2 aromatic carbocycles. The van der Waals surface area contributed by atoms with E-state index >= 15 is 0 Å². The van der Waals surface area contributed by atoms with Crippen LogP contribution in [0.1, 0.15) is 16.2 Å². The van der Waals surface area contributed by atoms with Crippen LogP contribution >= 0.6 is 0 Å². The molecule has 0 atom stereocenters. The number of amides is 1. The molecular weight excluding hydrogens is 455 g/mol. The van der Waals surface area contributed by atoms with Crippen LogP contribution in [0.2, 0.25) is 0 Å². The van der Waals surface area contributed by atoms with E-state index in [-0.39, 0.29) is 18.2 Å². The van der Waals surface area contributed by atoms with Crippen molar-refractivity contribution in [1.82, 2.24) is 20.1 Å². The van der Waals surface area contributed by atoms with E-state index in [1.54, 1.807) is 25.2 Å². The zero-order valence-corrected chi connectivity index (χ0v) is 18.4. The Hall–Kier alpha value is -4.06. The highest BCUT2D eigenvalue weighted by Crippen LogP contribution is 2.32. The Morgan fingerprint density at radius 2 is 1.56 bits per heavy atom. The van der Waals surface area contributed by atoms with E-state index in [0.717, 1.165) is 0 Å². The fourth-order valence-corrected chi connectivity index (χ4v) is 3.40. The van der Waals surface area contributed by atoms with Crippen molar-refractivity contribution in [3.63, 3.8) is 0 Å². The molecule has 34 heavy (non-hydrogen) atoms. The van der Waals surface area contributed by atoms with Crippen molar-refractivity contribution in [2.45, 2.75) is 12.9 Å². The van der Waals surface area contributed by atoms with Crippen LogP contribution in [-0.4, -0.2) is 53.6 Å². The SMILES string of the molecule is COc1cc(OC)nc(CN2C(=O)c3cc(-c4ccc(OC(F)(F)F)cc4)ccc3NN2C)n1. The van der Waals surface area contributed by atoms with Crippen LogP contribution in [0, 0.1) is 0 Å². The molecule has 0 spiro atoms. The molecule has 178 valence electrons. The van der Waals surface area contributed by atoms with Crippen LogP contribution in [0.15, 0.2) is 48.5 Å². The number of methoxy groups -OCH3 is 2. The van der Waals surface area contributed by atoms with Gasteiger partial charge in [-0.3, -0.25) is 4.79 Å². The van der Waals surface area contributed by atoms with E-state index in [9.17, 15) is 18.0 Å². The molecule has 4 rings (SSSR count). The second-order valence-electron chi connectivity index (χ2n) is 7.20. The lowest BCUT2D eigenvalue weighted by Crippen LogP contribution is -2.50. The predicted octanol–water partition coefficient (Wildman–Crippen LogP) is 3.89. The van der Waals surface area contributed by atoms with Gasteiger partial charge in [0, 0.05) is 7.05 Å². The number of anilines is 1. The molecule has 0 saturated carbocycles. The molecule has 1 aliphatic heterocycles. The predicted molar refractivity (Wildman–Crippen MR) is 115 cm³/mol. The molecular formula is C22H20F3N5O4. The van der Waals surface area contributed by atoms with Gasteiger partial charge >= 0.3 is 6.36 Å². The summed E-state index contributed by atoms with van der Waals surface area (Å²) in [5.41, 5.74) is 5.33. The van der Waals surface area contributed by atoms with Gasteiger partial charge in [0.15, 0.2) is 5.82 Å². The molecule has 2 heterocycles. The number of rotatable bonds is 6. The molecule has 0 saturated heterocycles. The van der Waals surface area contributed by atoms with Crippen LogP contribution in [0.25, 0.3) is 11.1 Å². The number of hydrogen-bond acceptors (Lipinski definition) is 8. The van der Waals surface area contributed by atoms with Crippen molar-refractivity contribution >= 4 is 11.6 Å². The maximum atomic E-state index is 13.3. The Balaban J connectivity index is 1.60. The van der Waals surface area contributed by atoms with E-state index in [1.807, 2.05) is 0 Å². The van der Waals surface area contributed by atoms with E-state index in [2.05, 4.69) is 20.1 Å². The van der Waals surface area contributed by atoms with Crippen molar-refractivity contribution in [2.24, 2.45) is 0 Å². The Bertz CT molecular complexity index is 1180. The quantitative estimate of drug-likeness (QED) is 0.575. The Kier molecular flexibility index (Phi) is 6.16. The van der Waals surface area contributed by atoms with Crippen LogP contribution < -0.4 is 19.6 Å². The number of benzene rings is 2. The van der Waals surface area contributed by atoms with Crippen LogP contribution in [0.4, 0.5) is 18.9 Å². The smallest absolute Gasteiger partial charge is 0.481 e.